The van der Waals surface area contributed by atoms with Crippen molar-refractivity contribution in [1.29, 1.82) is 5.26 Å². The summed E-state index contributed by atoms with van der Waals surface area (Å²) in [7, 11) is 2.12. The Kier molecular flexibility index (Phi) is 7.32. The fourth-order valence-corrected chi connectivity index (χ4v) is 6.64. The monoisotopic (exact) mass is 553 g/mol. The van der Waals surface area contributed by atoms with E-state index in [0.29, 0.717) is 49.8 Å². The predicted octanol–water partition coefficient (Wildman–Crippen LogP) is 4.50. The highest BCUT2D eigenvalue weighted by Crippen LogP contribution is 2.34. The van der Waals surface area contributed by atoms with Crippen molar-refractivity contribution in [3.63, 3.8) is 0 Å². The molecule has 10 heteroatoms. The zero-order valence-corrected chi connectivity index (χ0v) is 23.3. The molecule has 2 saturated heterocycles. The number of aromatic nitrogens is 3. The molecule has 2 aliphatic heterocycles. The van der Waals surface area contributed by atoms with Gasteiger partial charge in [-0.3, -0.25) is 4.79 Å². The summed E-state index contributed by atoms with van der Waals surface area (Å²) in [6.45, 7) is 6.71. The second-order valence-electron chi connectivity index (χ2n) is 10.3. The quantitative estimate of drug-likeness (QED) is 0.309. The smallest absolute Gasteiger partial charge is 0.320 e. The number of hydrogen-bond donors (Lipinski definition) is 0. The van der Waals surface area contributed by atoms with Gasteiger partial charge in [0.25, 0.3) is 0 Å². The van der Waals surface area contributed by atoms with Crippen LogP contribution in [0.4, 0.5) is 5.82 Å². The van der Waals surface area contributed by atoms with Crippen LogP contribution in [-0.2, 0) is 4.79 Å². The zero-order valence-electron chi connectivity index (χ0n) is 22.5. The van der Waals surface area contributed by atoms with E-state index in [9.17, 15) is 10.1 Å². The van der Waals surface area contributed by atoms with E-state index in [-0.39, 0.29) is 18.4 Å². The lowest BCUT2D eigenvalue weighted by molar-refractivity contribution is -0.128. The van der Waals surface area contributed by atoms with Gasteiger partial charge in [-0.2, -0.15) is 15.2 Å². The lowest BCUT2D eigenvalue weighted by Crippen LogP contribution is -2.55. The standard InChI is InChI=1S/C30H31N7O2S/c1-3-26(38)37-16-15-36(18-21(37)11-13-31)29-24-9-10-25(23-8-4-6-20-12-17-40-27(20)23)32-28(24)33-30(34-29)39-19-22-7-5-14-35(22)2/h3-4,6,8-10,12,17,21-22H,1,5,7,11,14-16,18-19H2,2H3/t21-,22-/m0/s1. The predicted molar refractivity (Wildman–Crippen MR) is 157 cm³/mol. The second-order valence-corrected chi connectivity index (χ2v) is 11.2. The maximum absolute atomic E-state index is 12.5. The number of benzene rings is 1. The van der Waals surface area contributed by atoms with E-state index >= 15 is 0 Å². The molecule has 0 N–H and O–H groups in total. The maximum atomic E-state index is 12.5. The summed E-state index contributed by atoms with van der Waals surface area (Å²) in [5.41, 5.74) is 2.47. The molecular formula is C30H31N7O2S. The number of carbonyl (C=O) groups is 1. The van der Waals surface area contributed by atoms with E-state index in [1.807, 2.05) is 18.2 Å². The Balaban J connectivity index is 1.39. The second kappa shape index (κ2) is 11.2. The number of amides is 1. The van der Waals surface area contributed by atoms with Gasteiger partial charge in [0, 0.05) is 35.9 Å². The van der Waals surface area contributed by atoms with E-state index in [2.05, 4.69) is 53.1 Å². The van der Waals surface area contributed by atoms with Crippen LogP contribution in [0.2, 0.25) is 0 Å². The van der Waals surface area contributed by atoms with Crippen LogP contribution in [0.1, 0.15) is 19.3 Å². The number of hydrogen-bond acceptors (Lipinski definition) is 9. The fraction of sp³-hybridized carbons (Fsp3) is 0.367. The highest BCUT2D eigenvalue weighted by molar-refractivity contribution is 7.17. The molecule has 3 aromatic heterocycles. The number of rotatable bonds is 7. The number of nitriles is 1. The summed E-state index contributed by atoms with van der Waals surface area (Å²) >= 11 is 1.70. The number of ether oxygens (including phenoxy) is 1. The molecule has 0 aliphatic carbocycles. The Morgan fingerprint density at radius 3 is 2.88 bits per heavy atom. The minimum absolute atomic E-state index is 0.161. The minimum atomic E-state index is -0.269. The number of carbonyl (C=O) groups excluding carboxylic acids is 1. The Hall–Kier alpha value is -4.07. The topological polar surface area (TPSA) is 98.5 Å². The van der Waals surface area contributed by atoms with Gasteiger partial charge in [0.2, 0.25) is 5.91 Å². The number of anilines is 1. The molecule has 4 aromatic rings. The average molecular weight is 554 g/mol. The van der Waals surface area contributed by atoms with Gasteiger partial charge < -0.3 is 19.4 Å². The minimum Gasteiger partial charge on any atom is -0.462 e. The fourth-order valence-electron chi connectivity index (χ4n) is 5.72. The number of likely N-dealkylation sites (N-methyl/N-ethyl adjacent to an activating group) is 1. The van der Waals surface area contributed by atoms with Crippen LogP contribution in [0.25, 0.3) is 32.4 Å². The lowest BCUT2D eigenvalue weighted by Gasteiger charge is -2.41. The van der Waals surface area contributed by atoms with Crippen LogP contribution in [0.15, 0.2) is 54.4 Å². The molecule has 1 amide bonds. The molecule has 40 heavy (non-hydrogen) atoms. The molecular weight excluding hydrogens is 522 g/mol. The van der Waals surface area contributed by atoms with Crippen LogP contribution >= 0.6 is 11.3 Å². The number of pyridine rings is 1. The normalized spacial score (nSPS) is 19.7. The molecule has 9 nitrogen and oxygen atoms in total. The average Bonchev–Trinajstić information content (AvgIpc) is 3.63. The largest absolute Gasteiger partial charge is 0.462 e. The van der Waals surface area contributed by atoms with Gasteiger partial charge in [0.15, 0.2) is 5.65 Å². The van der Waals surface area contributed by atoms with Crippen molar-refractivity contribution in [1.82, 2.24) is 24.8 Å². The van der Waals surface area contributed by atoms with Crippen molar-refractivity contribution in [2.75, 3.05) is 44.7 Å². The third-order valence-electron chi connectivity index (χ3n) is 7.92. The Labute approximate surface area is 237 Å². The summed E-state index contributed by atoms with van der Waals surface area (Å²) in [4.78, 5) is 33.3. The lowest BCUT2D eigenvalue weighted by atomic mass is 10.1. The maximum Gasteiger partial charge on any atom is 0.320 e. The first-order valence-corrected chi connectivity index (χ1v) is 14.5. The number of thiophene rings is 1. The van der Waals surface area contributed by atoms with Crippen molar-refractivity contribution in [3.05, 3.63) is 54.4 Å². The Morgan fingerprint density at radius 1 is 1.18 bits per heavy atom. The number of fused-ring (bicyclic) bond motifs is 2. The summed E-state index contributed by atoms with van der Waals surface area (Å²) in [5, 5.41) is 13.6. The molecule has 0 unspecified atom stereocenters. The highest BCUT2D eigenvalue weighted by Gasteiger charge is 2.31. The highest BCUT2D eigenvalue weighted by atomic mass is 32.1. The molecule has 2 aliphatic rings. The molecule has 1 aromatic carbocycles. The van der Waals surface area contributed by atoms with Gasteiger partial charge in [-0.25, -0.2) is 4.98 Å². The zero-order chi connectivity index (χ0) is 27.6. The first-order valence-electron chi connectivity index (χ1n) is 13.6. The first-order chi connectivity index (χ1) is 19.6. The molecule has 5 heterocycles. The van der Waals surface area contributed by atoms with Crippen molar-refractivity contribution in [2.24, 2.45) is 0 Å². The van der Waals surface area contributed by atoms with Crippen molar-refractivity contribution < 1.29 is 9.53 Å². The molecule has 0 radical (unpaired) electrons. The number of piperazine rings is 1. The first kappa shape index (κ1) is 26.2. The van der Waals surface area contributed by atoms with Gasteiger partial charge in [0.1, 0.15) is 12.4 Å². The number of likely N-dealkylation sites (tertiary alicyclic amines) is 1. The van der Waals surface area contributed by atoms with Gasteiger partial charge in [-0.05, 0) is 61.5 Å². The molecule has 0 bridgehead atoms. The van der Waals surface area contributed by atoms with Gasteiger partial charge in [-0.15, -0.1) is 11.3 Å². The van der Waals surface area contributed by atoms with E-state index < -0.39 is 0 Å². The SMILES string of the molecule is C=CC(=O)N1CCN(c2nc(OC[C@@H]3CCCN3C)nc3nc(-c4cccc5ccsc45)ccc23)C[C@@H]1CC#N. The van der Waals surface area contributed by atoms with Crippen molar-refractivity contribution in [2.45, 2.75) is 31.3 Å². The van der Waals surface area contributed by atoms with Crippen molar-refractivity contribution >= 4 is 44.2 Å². The molecule has 2 fully saturated rings. The summed E-state index contributed by atoms with van der Waals surface area (Å²) in [5.74, 6) is 0.549. The van der Waals surface area contributed by atoms with E-state index in [1.54, 1.807) is 16.2 Å². The molecule has 0 spiro atoms. The summed E-state index contributed by atoms with van der Waals surface area (Å²) in [6, 6.07) is 15.0. The summed E-state index contributed by atoms with van der Waals surface area (Å²) < 4.78 is 7.38. The van der Waals surface area contributed by atoms with E-state index in [1.165, 1.54) is 16.2 Å². The molecule has 2 atom stereocenters. The Morgan fingerprint density at radius 2 is 2.08 bits per heavy atom. The van der Waals surface area contributed by atoms with Gasteiger partial charge in [-0.1, -0.05) is 24.8 Å². The van der Waals surface area contributed by atoms with Crippen LogP contribution < -0.4 is 9.64 Å². The molecule has 0 saturated carbocycles. The number of nitrogens with zero attached hydrogens (tertiary/aromatic N) is 7. The summed E-state index contributed by atoms with van der Waals surface area (Å²) in [6.07, 6.45) is 3.77. The molecule has 6 rings (SSSR count). The van der Waals surface area contributed by atoms with Crippen molar-refractivity contribution in [3.8, 4) is 23.3 Å². The van der Waals surface area contributed by atoms with Crippen LogP contribution in [0.5, 0.6) is 6.01 Å². The third-order valence-corrected chi connectivity index (χ3v) is 8.88. The van der Waals surface area contributed by atoms with Crippen LogP contribution in [0.3, 0.4) is 0 Å². The van der Waals surface area contributed by atoms with Crippen LogP contribution in [0, 0.1) is 11.3 Å². The Bertz CT molecular complexity index is 1610. The molecule has 204 valence electrons. The van der Waals surface area contributed by atoms with E-state index in [0.717, 1.165) is 36.0 Å². The van der Waals surface area contributed by atoms with E-state index in [4.69, 9.17) is 19.7 Å². The third kappa shape index (κ3) is 4.98. The van der Waals surface area contributed by atoms with Crippen LogP contribution in [-0.4, -0.2) is 82.6 Å². The van der Waals surface area contributed by atoms with Gasteiger partial charge >= 0.3 is 6.01 Å². The van der Waals surface area contributed by atoms with Gasteiger partial charge in [0.05, 0.1) is 29.6 Å².